The van der Waals surface area contributed by atoms with Crippen LogP contribution in [-0.2, 0) is 16.1 Å². The highest BCUT2D eigenvalue weighted by atomic mass is 19.3. The number of carbonyl (C=O) groups excluding carboxylic acids is 2. The van der Waals surface area contributed by atoms with Crippen LogP contribution in [-0.4, -0.2) is 60.8 Å². The number of hydrogen-bond donors (Lipinski definition) is 2. The predicted octanol–water partition coefficient (Wildman–Crippen LogP) is 7.08. The van der Waals surface area contributed by atoms with Crippen LogP contribution < -0.4 is 15.5 Å². The zero-order chi connectivity index (χ0) is 31.1. The molecule has 1 aliphatic heterocycles. The van der Waals surface area contributed by atoms with Crippen LogP contribution in [0.4, 0.5) is 19.3 Å². The largest absolute Gasteiger partial charge is 0.446 e. The molecule has 3 aromatic rings. The van der Waals surface area contributed by atoms with Gasteiger partial charge in [-0.3, -0.25) is 15.1 Å². The Bertz CT molecular complexity index is 1300. The van der Waals surface area contributed by atoms with Crippen molar-refractivity contribution in [3.63, 3.8) is 0 Å². The van der Waals surface area contributed by atoms with Gasteiger partial charge >= 0.3 is 12.7 Å². The fourth-order valence-corrected chi connectivity index (χ4v) is 5.18. The van der Waals surface area contributed by atoms with Crippen molar-refractivity contribution in [1.29, 1.82) is 0 Å². The van der Waals surface area contributed by atoms with Crippen LogP contribution in [0.3, 0.4) is 0 Å². The van der Waals surface area contributed by atoms with Crippen LogP contribution in [0.15, 0.2) is 78.9 Å². The molecule has 0 aliphatic carbocycles. The molecular formula is C34H42F2N4O4. The number of hydrogen-bond acceptors (Lipinski definition) is 6. The summed E-state index contributed by atoms with van der Waals surface area (Å²) >= 11 is 0. The minimum Gasteiger partial charge on any atom is -0.446 e. The van der Waals surface area contributed by atoms with E-state index in [0.717, 1.165) is 49.0 Å². The quantitative estimate of drug-likeness (QED) is 0.142. The average molecular weight is 609 g/mol. The number of ether oxygens (including phenoxy) is 2. The molecule has 3 aromatic carbocycles. The maximum atomic E-state index is 13.1. The van der Waals surface area contributed by atoms with Crippen LogP contribution in [0.5, 0.6) is 5.75 Å². The molecule has 4 rings (SSSR count). The van der Waals surface area contributed by atoms with Crippen molar-refractivity contribution < 1.29 is 27.8 Å². The maximum absolute atomic E-state index is 13.1. The van der Waals surface area contributed by atoms with Crippen molar-refractivity contribution in [1.82, 2.24) is 15.3 Å². The molecule has 0 atom stereocenters. The van der Waals surface area contributed by atoms with Crippen molar-refractivity contribution in [3.05, 3.63) is 84.4 Å². The molecule has 236 valence electrons. The highest BCUT2D eigenvalue weighted by molar-refractivity contribution is 5.91. The van der Waals surface area contributed by atoms with Crippen LogP contribution in [0, 0.1) is 0 Å². The SMILES string of the molecule is CCCCCN(NCc1ccc(OC(F)F)cc1)C(=O)CCN1CCC(OC(=O)Nc2ccccc2-c2ccccc2)CC1. The second-order valence-corrected chi connectivity index (χ2v) is 10.8. The average Bonchev–Trinajstić information content (AvgIpc) is 3.03. The molecule has 2 N–H and O–H groups in total. The van der Waals surface area contributed by atoms with Gasteiger partial charge in [-0.25, -0.2) is 10.2 Å². The fourth-order valence-electron chi connectivity index (χ4n) is 5.18. The van der Waals surface area contributed by atoms with Crippen LogP contribution in [0.2, 0.25) is 0 Å². The first-order chi connectivity index (χ1) is 21.4. The molecular weight excluding hydrogens is 566 g/mol. The Balaban J connectivity index is 1.20. The lowest BCUT2D eigenvalue weighted by Crippen LogP contribution is -2.45. The minimum atomic E-state index is -2.86. The van der Waals surface area contributed by atoms with Gasteiger partial charge in [0.25, 0.3) is 0 Å². The number of benzene rings is 3. The van der Waals surface area contributed by atoms with E-state index in [-0.39, 0.29) is 17.8 Å². The predicted molar refractivity (Wildman–Crippen MR) is 167 cm³/mol. The first-order valence-corrected chi connectivity index (χ1v) is 15.3. The first-order valence-electron chi connectivity index (χ1n) is 15.3. The Hall–Kier alpha value is -4.02. The van der Waals surface area contributed by atoms with E-state index in [1.807, 2.05) is 54.6 Å². The number of nitrogens with zero attached hydrogens (tertiary/aromatic N) is 2. The summed E-state index contributed by atoms with van der Waals surface area (Å²) in [5, 5.41) is 4.58. The first kappa shape index (κ1) is 32.9. The van der Waals surface area contributed by atoms with Gasteiger partial charge in [-0.15, -0.1) is 0 Å². The molecule has 0 bridgehead atoms. The number of amides is 2. The second-order valence-electron chi connectivity index (χ2n) is 10.8. The Morgan fingerprint density at radius 3 is 2.36 bits per heavy atom. The van der Waals surface area contributed by atoms with E-state index in [0.29, 0.717) is 44.6 Å². The number of carbonyl (C=O) groups is 2. The van der Waals surface area contributed by atoms with E-state index < -0.39 is 12.7 Å². The molecule has 0 spiro atoms. The number of anilines is 1. The summed E-state index contributed by atoms with van der Waals surface area (Å²) in [7, 11) is 0. The number of halogens is 2. The monoisotopic (exact) mass is 608 g/mol. The lowest BCUT2D eigenvalue weighted by atomic mass is 10.0. The number of nitrogens with one attached hydrogen (secondary N) is 2. The molecule has 1 aliphatic rings. The summed E-state index contributed by atoms with van der Waals surface area (Å²) in [6.07, 6.45) is 4.06. The zero-order valence-corrected chi connectivity index (χ0v) is 25.2. The molecule has 8 nitrogen and oxygen atoms in total. The Labute approximate surface area is 258 Å². The smallest absolute Gasteiger partial charge is 0.411 e. The van der Waals surface area contributed by atoms with E-state index in [9.17, 15) is 18.4 Å². The van der Waals surface area contributed by atoms with Gasteiger partial charge in [0.1, 0.15) is 11.9 Å². The lowest BCUT2D eigenvalue weighted by Gasteiger charge is -2.32. The summed E-state index contributed by atoms with van der Waals surface area (Å²) in [6, 6.07) is 23.9. The third-order valence-corrected chi connectivity index (χ3v) is 7.61. The number of alkyl halides is 2. The number of unbranched alkanes of at least 4 members (excludes halogenated alkanes) is 2. The molecule has 0 unspecified atom stereocenters. The molecule has 44 heavy (non-hydrogen) atoms. The van der Waals surface area contributed by atoms with Crippen molar-refractivity contribution in [2.45, 2.75) is 64.7 Å². The van der Waals surface area contributed by atoms with Gasteiger partial charge in [0.05, 0.1) is 5.69 Å². The normalized spacial score (nSPS) is 13.9. The highest BCUT2D eigenvalue weighted by Crippen LogP contribution is 2.28. The summed E-state index contributed by atoms with van der Waals surface area (Å²) < 4.78 is 35.0. The van der Waals surface area contributed by atoms with E-state index in [1.165, 1.54) is 12.1 Å². The molecule has 0 aromatic heterocycles. The number of rotatable bonds is 15. The number of piperidine rings is 1. The van der Waals surface area contributed by atoms with E-state index in [1.54, 1.807) is 17.1 Å². The molecule has 1 heterocycles. The van der Waals surface area contributed by atoms with Gasteiger partial charge in [0, 0.05) is 44.7 Å². The van der Waals surface area contributed by atoms with Crippen LogP contribution in [0.1, 0.15) is 51.0 Å². The summed E-state index contributed by atoms with van der Waals surface area (Å²) in [6.45, 7) is 2.34. The van der Waals surface area contributed by atoms with Gasteiger partial charge in [-0.1, -0.05) is 80.4 Å². The molecule has 2 amide bonds. The Kier molecular flexibility index (Phi) is 12.9. The number of hydrazine groups is 1. The van der Waals surface area contributed by atoms with E-state index in [2.05, 4.69) is 27.3 Å². The molecule has 0 saturated carbocycles. The summed E-state index contributed by atoms with van der Waals surface area (Å²) in [5.74, 6) is 0.108. The van der Waals surface area contributed by atoms with E-state index in [4.69, 9.17) is 4.74 Å². The highest BCUT2D eigenvalue weighted by Gasteiger charge is 2.24. The standard InChI is InChI=1S/C34H42F2N4O4/c1-2-3-9-21-40(37-25-26-14-16-28(17-15-26)43-33(35)36)32(41)20-24-39-22-18-29(19-23-39)44-34(42)38-31-13-8-7-12-30(31)27-10-5-4-6-11-27/h4-8,10-17,29,33,37H,2-3,9,18-25H2,1H3,(H,38,42). The van der Waals surface area contributed by atoms with Crippen molar-refractivity contribution in [2.24, 2.45) is 0 Å². The number of para-hydroxylation sites is 1. The minimum absolute atomic E-state index is 0.00795. The van der Waals surface area contributed by atoms with Crippen molar-refractivity contribution in [2.75, 3.05) is 31.5 Å². The van der Waals surface area contributed by atoms with Crippen LogP contribution >= 0.6 is 0 Å². The van der Waals surface area contributed by atoms with Crippen molar-refractivity contribution in [3.8, 4) is 16.9 Å². The molecule has 10 heteroatoms. The maximum Gasteiger partial charge on any atom is 0.411 e. The third-order valence-electron chi connectivity index (χ3n) is 7.61. The second kappa shape index (κ2) is 17.3. The van der Waals surface area contributed by atoms with Gasteiger partial charge in [-0.2, -0.15) is 8.78 Å². The third kappa shape index (κ3) is 10.6. The van der Waals surface area contributed by atoms with Crippen LogP contribution in [0.25, 0.3) is 11.1 Å². The molecule has 1 saturated heterocycles. The number of likely N-dealkylation sites (tertiary alicyclic amines) is 1. The summed E-state index contributed by atoms with van der Waals surface area (Å²) in [4.78, 5) is 28.1. The van der Waals surface area contributed by atoms with E-state index >= 15 is 0 Å². The fraction of sp³-hybridized carbons (Fsp3) is 0.412. The topological polar surface area (TPSA) is 83.1 Å². The lowest BCUT2D eigenvalue weighted by molar-refractivity contribution is -0.135. The Morgan fingerprint density at radius 1 is 0.955 bits per heavy atom. The zero-order valence-electron chi connectivity index (χ0n) is 25.2. The van der Waals surface area contributed by atoms with Gasteiger partial charge in [0.2, 0.25) is 5.91 Å². The molecule has 0 radical (unpaired) electrons. The van der Waals surface area contributed by atoms with Crippen molar-refractivity contribution >= 4 is 17.7 Å². The Morgan fingerprint density at radius 2 is 1.66 bits per heavy atom. The van der Waals surface area contributed by atoms with Gasteiger partial charge in [0.15, 0.2) is 0 Å². The molecule has 1 fully saturated rings. The summed E-state index contributed by atoms with van der Waals surface area (Å²) in [5.41, 5.74) is 6.72. The van der Waals surface area contributed by atoms with Gasteiger partial charge in [-0.05, 0) is 48.6 Å². The van der Waals surface area contributed by atoms with Gasteiger partial charge < -0.3 is 14.4 Å².